The number of nitrogens with zero attached hydrogens (tertiary/aromatic N) is 2. The van der Waals surface area contributed by atoms with Crippen molar-refractivity contribution in [2.45, 2.75) is 37.0 Å². The zero-order valence-electron chi connectivity index (χ0n) is 20.4. The van der Waals surface area contributed by atoms with Gasteiger partial charge in [-0.2, -0.15) is 13.2 Å². The maximum Gasteiger partial charge on any atom is 0.417 e. The molecule has 3 aromatic rings. The van der Waals surface area contributed by atoms with Gasteiger partial charge >= 0.3 is 6.18 Å². The van der Waals surface area contributed by atoms with Crippen molar-refractivity contribution in [1.82, 2.24) is 10.2 Å². The lowest BCUT2D eigenvalue weighted by Crippen LogP contribution is -2.40. The lowest BCUT2D eigenvalue weighted by molar-refractivity contribution is -0.137. The van der Waals surface area contributed by atoms with E-state index in [-0.39, 0.29) is 17.1 Å². The van der Waals surface area contributed by atoms with Crippen LogP contribution in [0.2, 0.25) is 5.02 Å². The molecule has 6 nitrogen and oxygen atoms in total. The summed E-state index contributed by atoms with van der Waals surface area (Å²) >= 11 is 5.74. The highest BCUT2D eigenvalue weighted by molar-refractivity contribution is 7.92. The van der Waals surface area contributed by atoms with E-state index in [1.807, 2.05) is 24.3 Å². The highest BCUT2D eigenvalue weighted by Crippen LogP contribution is 2.38. The zero-order valence-corrected chi connectivity index (χ0v) is 22.0. The third-order valence-corrected chi connectivity index (χ3v) is 8.37. The quantitative estimate of drug-likeness (QED) is 0.374. The van der Waals surface area contributed by atoms with Crippen LogP contribution in [0.15, 0.2) is 77.7 Å². The van der Waals surface area contributed by atoms with Crippen molar-refractivity contribution >= 4 is 33.2 Å². The molecule has 1 aliphatic rings. The second-order valence-corrected chi connectivity index (χ2v) is 11.3. The lowest BCUT2D eigenvalue weighted by Gasteiger charge is -2.25. The first-order valence-electron chi connectivity index (χ1n) is 12.1. The number of anilines is 1. The van der Waals surface area contributed by atoms with Crippen LogP contribution in [0.5, 0.6) is 0 Å². The second kappa shape index (κ2) is 11.8. The largest absolute Gasteiger partial charge is 0.417 e. The van der Waals surface area contributed by atoms with E-state index in [0.717, 1.165) is 42.9 Å². The molecule has 202 valence electrons. The van der Waals surface area contributed by atoms with Crippen LogP contribution in [0.3, 0.4) is 0 Å². The number of rotatable bonds is 9. The van der Waals surface area contributed by atoms with E-state index in [1.165, 1.54) is 37.1 Å². The van der Waals surface area contributed by atoms with Crippen molar-refractivity contribution in [3.8, 4) is 0 Å². The molecule has 0 atom stereocenters. The number of likely N-dealkylation sites (tertiary alicyclic amines) is 1. The minimum atomic E-state index is -4.81. The topological polar surface area (TPSA) is 69.7 Å². The first-order chi connectivity index (χ1) is 18.0. The normalized spacial score (nSPS) is 14.4. The molecule has 1 saturated heterocycles. The van der Waals surface area contributed by atoms with Gasteiger partial charge in [0.25, 0.3) is 10.0 Å². The van der Waals surface area contributed by atoms with Crippen LogP contribution < -0.4 is 9.62 Å². The van der Waals surface area contributed by atoms with Crippen LogP contribution >= 0.6 is 11.6 Å². The summed E-state index contributed by atoms with van der Waals surface area (Å²) in [5.74, 6) is -0.669. The van der Waals surface area contributed by atoms with E-state index in [1.54, 1.807) is 6.07 Å². The van der Waals surface area contributed by atoms with Crippen molar-refractivity contribution in [3.63, 3.8) is 0 Å². The number of amides is 1. The Labute approximate surface area is 225 Å². The molecule has 0 aliphatic carbocycles. The van der Waals surface area contributed by atoms with Crippen molar-refractivity contribution in [2.75, 3.05) is 23.9 Å². The lowest BCUT2D eigenvalue weighted by atomic mass is 10.1. The van der Waals surface area contributed by atoms with E-state index in [4.69, 9.17) is 11.6 Å². The Morgan fingerprint density at radius 3 is 2.32 bits per heavy atom. The van der Waals surface area contributed by atoms with Gasteiger partial charge in [-0.25, -0.2) is 8.42 Å². The van der Waals surface area contributed by atoms with Gasteiger partial charge in [0.1, 0.15) is 6.54 Å². The van der Waals surface area contributed by atoms with Crippen LogP contribution in [-0.2, 0) is 34.1 Å². The van der Waals surface area contributed by atoms with Crippen molar-refractivity contribution < 1.29 is 26.4 Å². The number of nitrogens with one attached hydrogen (secondary N) is 1. The molecule has 0 saturated carbocycles. The molecular formula is C27H27ClF3N3O3S. The second-order valence-electron chi connectivity index (χ2n) is 9.07. The summed E-state index contributed by atoms with van der Waals surface area (Å²) in [6.45, 7) is 2.33. The summed E-state index contributed by atoms with van der Waals surface area (Å²) in [6.07, 6.45) is -2.45. The van der Waals surface area contributed by atoms with E-state index in [2.05, 4.69) is 10.2 Å². The summed E-state index contributed by atoms with van der Waals surface area (Å²) < 4.78 is 68.0. The van der Waals surface area contributed by atoms with Crippen LogP contribution in [-0.4, -0.2) is 38.9 Å². The first-order valence-corrected chi connectivity index (χ1v) is 13.9. The third kappa shape index (κ3) is 6.86. The monoisotopic (exact) mass is 565 g/mol. The van der Waals surface area contributed by atoms with Crippen molar-refractivity contribution in [2.24, 2.45) is 0 Å². The average Bonchev–Trinajstić information content (AvgIpc) is 3.39. The Hall–Kier alpha value is -3.08. The average molecular weight is 566 g/mol. The molecule has 0 spiro atoms. The van der Waals surface area contributed by atoms with E-state index in [9.17, 15) is 26.4 Å². The van der Waals surface area contributed by atoms with Crippen LogP contribution in [0.1, 0.15) is 29.5 Å². The van der Waals surface area contributed by atoms with Crippen LogP contribution in [0.25, 0.3) is 0 Å². The minimum absolute atomic E-state index is 0.139. The maximum absolute atomic E-state index is 13.5. The highest BCUT2D eigenvalue weighted by Gasteiger charge is 2.35. The molecule has 1 N–H and O–H groups in total. The number of benzene rings is 3. The van der Waals surface area contributed by atoms with Crippen LogP contribution in [0.4, 0.5) is 18.9 Å². The zero-order chi connectivity index (χ0) is 27.3. The fraction of sp³-hybridized carbons (Fsp3) is 0.296. The summed E-state index contributed by atoms with van der Waals surface area (Å²) in [4.78, 5) is 15.1. The molecule has 0 unspecified atom stereocenters. The molecule has 38 heavy (non-hydrogen) atoms. The van der Waals surface area contributed by atoms with Gasteiger partial charge in [0.2, 0.25) is 5.91 Å². The molecule has 1 heterocycles. The fourth-order valence-electron chi connectivity index (χ4n) is 4.34. The molecule has 1 fully saturated rings. The summed E-state index contributed by atoms with van der Waals surface area (Å²) in [6, 6.07) is 17.7. The number of sulfonamides is 1. The van der Waals surface area contributed by atoms with Gasteiger partial charge in [-0.05, 0) is 67.4 Å². The first kappa shape index (κ1) is 27.9. The SMILES string of the molecule is O=C(CN(c1ccc(Cl)c(C(F)(F)F)c1)S(=O)(=O)c1ccccc1)NCc1cccc(CN2CCCC2)c1. The molecular weight excluding hydrogens is 539 g/mol. The molecule has 1 amide bonds. The van der Waals surface area contributed by atoms with E-state index >= 15 is 0 Å². The number of halogens is 4. The van der Waals surface area contributed by atoms with Gasteiger partial charge in [-0.1, -0.05) is 54.1 Å². The van der Waals surface area contributed by atoms with Gasteiger partial charge < -0.3 is 5.32 Å². The summed E-state index contributed by atoms with van der Waals surface area (Å²) in [5.41, 5.74) is 0.416. The van der Waals surface area contributed by atoms with Gasteiger partial charge in [-0.15, -0.1) is 0 Å². The predicted molar refractivity (Wildman–Crippen MR) is 140 cm³/mol. The molecule has 4 rings (SSSR count). The minimum Gasteiger partial charge on any atom is -0.350 e. The molecule has 11 heteroatoms. The summed E-state index contributed by atoms with van der Waals surface area (Å²) in [5, 5.41) is 2.12. The van der Waals surface area contributed by atoms with Crippen molar-refractivity contribution in [3.05, 3.63) is 94.5 Å². The maximum atomic E-state index is 13.5. The Morgan fingerprint density at radius 2 is 1.63 bits per heavy atom. The number of carbonyl (C=O) groups is 1. The number of hydrogen-bond donors (Lipinski definition) is 1. The predicted octanol–water partition coefficient (Wildman–Crippen LogP) is 5.47. The van der Waals surface area contributed by atoms with Gasteiger partial charge in [-0.3, -0.25) is 14.0 Å². The van der Waals surface area contributed by atoms with Crippen LogP contribution in [0, 0.1) is 0 Å². The standard InChI is InChI=1S/C27H27ClF3N3O3S/c28-25-12-11-22(16-24(25)27(29,30)31)34(38(36,37)23-9-2-1-3-10-23)19-26(35)32-17-20-7-6-8-21(15-20)18-33-13-4-5-14-33/h1-3,6-12,15-16H,4-5,13-14,17-19H2,(H,32,35). The smallest absolute Gasteiger partial charge is 0.350 e. The molecule has 1 aliphatic heterocycles. The fourth-order valence-corrected chi connectivity index (χ4v) is 6.00. The Balaban J connectivity index is 1.55. The van der Waals surface area contributed by atoms with Gasteiger partial charge in [0, 0.05) is 13.1 Å². The molecule has 0 bridgehead atoms. The van der Waals surface area contributed by atoms with Gasteiger partial charge in [0.05, 0.1) is 21.2 Å². The molecule has 0 aromatic heterocycles. The third-order valence-electron chi connectivity index (χ3n) is 6.25. The number of alkyl halides is 3. The van der Waals surface area contributed by atoms with E-state index < -0.39 is 39.2 Å². The molecule has 3 aromatic carbocycles. The molecule has 0 radical (unpaired) electrons. The summed E-state index contributed by atoms with van der Waals surface area (Å²) in [7, 11) is -4.37. The van der Waals surface area contributed by atoms with E-state index in [0.29, 0.717) is 10.4 Å². The van der Waals surface area contributed by atoms with Gasteiger partial charge in [0.15, 0.2) is 0 Å². The number of hydrogen-bond acceptors (Lipinski definition) is 4. The highest BCUT2D eigenvalue weighted by atomic mass is 35.5. The van der Waals surface area contributed by atoms with Crippen molar-refractivity contribution in [1.29, 1.82) is 0 Å². The Morgan fingerprint density at radius 1 is 0.947 bits per heavy atom. The number of carbonyl (C=O) groups excluding carboxylic acids is 1. The Kier molecular flexibility index (Phi) is 8.64. The Bertz CT molecular complexity index is 1380.